The minimum Gasteiger partial charge on any atom is -0.0985 e. The van der Waals surface area contributed by atoms with E-state index in [0.29, 0.717) is 0 Å². The molecule has 0 aliphatic heterocycles. The molecule has 0 saturated heterocycles. The molecule has 0 saturated carbocycles. The fourth-order valence-corrected chi connectivity index (χ4v) is 1.90. The van der Waals surface area contributed by atoms with Crippen LogP contribution in [0.25, 0.3) is 6.08 Å². The van der Waals surface area contributed by atoms with Crippen LogP contribution in [0, 0.1) is 6.92 Å². The summed E-state index contributed by atoms with van der Waals surface area (Å²) in [5.74, 6) is 0. The first kappa shape index (κ1) is 8.78. The average molecular weight is 258 g/mol. The molecule has 0 bridgehead atoms. The molecule has 0 nitrogen and oxygen atoms in total. The number of benzene rings is 1. The summed E-state index contributed by atoms with van der Waals surface area (Å²) < 4.78 is 1.07. The van der Waals surface area contributed by atoms with E-state index in [1.54, 1.807) is 0 Å². The van der Waals surface area contributed by atoms with Crippen LogP contribution in [0.3, 0.4) is 0 Å². The molecule has 58 valence electrons. The molecule has 0 amide bonds. The molecule has 0 heterocycles. The van der Waals surface area contributed by atoms with E-state index in [9.17, 15) is 0 Å². The molecule has 0 unspecified atom stereocenters. The zero-order chi connectivity index (χ0) is 8.27. The number of hydrogen-bond donors (Lipinski definition) is 0. The van der Waals surface area contributed by atoms with Gasteiger partial charge in [-0.25, -0.2) is 0 Å². The zero-order valence-electron chi connectivity index (χ0n) is 6.60. The van der Waals surface area contributed by atoms with Gasteiger partial charge in [0.15, 0.2) is 0 Å². The van der Waals surface area contributed by atoms with Gasteiger partial charge >= 0.3 is 0 Å². The van der Waals surface area contributed by atoms with Crippen LogP contribution in [-0.2, 0) is 4.43 Å². The molecular weight excluding hydrogens is 247 g/mol. The van der Waals surface area contributed by atoms with Crippen LogP contribution in [0.1, 0.15) is 16.7 Å². The predicted molar refractivity (Wildman–Crippen MR) is 59.0 cm³/mol. The van der Waals surface area contributed by atoms with E-state index in [4.69, 9.17) is 0 Å². The first-order valence-corrected chi connectivity index (χ1v) is 5.09. The van der Waals surface area contributed by atoms with Gasteiger partial charge in [-0.2, -0.15) is 0 Å². The summed E-state index contributed by atoms with van der Waals surface area (Å²) >= 11 is 2.38. The van der Waals surface area contributed by atoms with E-state index < -0.39 is 0 Å². The van der Waals surface area contributed by atoms with Crippen LogP contribution in [0.4, 0.5) is 0 Å². The lowest BCUT2D eigenvalue weighted by molar-refractivity contribution is 1.32. The summed E-state index contributed by atoms with van der Waals surface area (Å²) in [6, 6.07) is 6.34. The molecule has 0 aliphatic rings. The average Bonchev–Trinajstić information content (AvgIpc) is 2.05. The highest BCUT2D eigenvalue weighted by atomic mass is 127. The SMILES string of the molecule is C=Cc1cccc(CI)c1C. The van der Waals surface area contributed by atoms with E-state index in [0.717, 1.165) is 4.43 Å². The minimum atomic E-state index is 1.07. The normalized spacial score (nSPS) is 9.64. The monoisotopic (exact) mass is 258 g/mol. The van der Waals surface area contributed by atoms with Crippen molar-refractivity contribution in [2.45, 2.75) is 11.4 Å². The van der Waals surface area contributed by atoms with Gasteiger partial charge in [-0.1, -0.05) is 53.4 Å². The fraction of sp³-hybridized carbons (Fsp3) is 0.200. The molecule has 0 aromatic heterocycles. The maximum atomic E-state index is 3.76. The molecule has 1 rings (SSSR count). The van der Waals surface area contributed by atoms with Crippen molar-refractivity contribution in [3.05, 3.63) is 41.5 Å². The van der Waals surface area contributed by atoms with Crippen LogP contribution >= 0.6 is 22.6 Å². The van der Waals surface area contributed by atoms with Gasteiger partial charge in [0.1, 0.15) is 0 Å². The Kier molecular flexibility index (Phi) is 3.12. The lowest BCUT2D eigenvalue weighted by atomic mass is 10.0. The van der Waals surface area contributed by atoms with E-state index in [2.05, 4.69) is 54.3 Å². The Bertz CT molecular complexity index is 264. The molecule has 1 aromatic rings. The van der Waals surface area contributed by atoms with Crippen LogP contribution < -0.4 is 0 Å². The van der Waals surface area contributed by atoms with Crippen molar-refractivity contribution in [3.63, 3.8) is 0 Å². The predicted octanol–water partition coefficient (Wildman–Crippen LogP) is 3.57. The van der Waals surface area contributed by atoms with Gasteiger partial charge in [0.2, 0.25) is 0 Å². The summed E-state index contributed by atoms with van der Waals surface area (Å²) in [6.07, 6.45) is 1.91. The summed E-state index contributed by atoms with van der Waals surface area (Å²) in [4.78, 5) is 0. The summed E-state index contributed by atoms with van der Waals surface area (Å²) in [6.45, 7) is 5.91. The van der Waals surface area contributed by atoms with E-state index in [-0.39, 0.29) is 0 Å². The van der Waals surface area contributed by atoms with Gasteiger partial charge in [-0.15, -0.1) is 0 Å². The Morgan fingerprint density at radius 2 is 2.27 bits per heavy atom. The molecule has 1 heteroatoms. The third-order valence-corrected chi connectivity index (χ3v) is 2.67. The summed E-state index contributed by atoms with van der Waals surface area (Å²) in [7, 11) is 0. The van der Waals surface area contributed by atoms with Crippen molar-refractivity contribution in [2.24, 2.45) is 0 Å². The summed E-state index contributed by atoms with van der Waals surface area (Å²) in [5, 5.41) is 0. The molecule has 0 N–H and O–H groups in total. The second-order valence-corrected chi connectivity index (χ2v) is 3.23. The first-order chi connectivity index (χ1) is 5.29. The lowest BCUT2D eigenvalue weighted by Crippen LogP contribution is -1.86. The van der Waals surface area contributed by atoms with Gasteiger partial charge in [0.25, 0.3) is 0 Å². The van der Waals surface area contributed by atoms with E-state index in [1.165, 1.54) is 16.7 Å². The quantitative estimate of drug-likeness (QED) is 0.562. The molecule has 0 atom stereocenters. The lowest BCUT2D eigenvalue weighted by Gasteiger charge is -2.04. The molecule has 1 aromatic carbocycles. The zero-order valence-corrected chi connectivity index (χ0v) is 8.76. The maximum absolute atomic E-state index is 3.76. The molecule has 0 spiro atoms. The number of rotatable bonds is 2. The van der Waals surface area contributed by atoms with Gasteiger partial charge in [-0.05, 0) is 23.6 Å². The van der Waals surface area contributed by atoms with Crippen molar-refractivity contribution in [1.82, 2.24) is 0 Å². The Morgan fingerprint density at radius 3 is 2.82 bits per heavy atom. The van der Waals surface area contributed by atoms with E-state index >= 15 is 0 Å². The Labute approximate surface area is 81.5 Å². The van der Waals surface area contributed by atoms with Crippen LogP contribution in [0.5, 0.6) is 0 Å². The minimum absolute atomic E-state index is 1.07. The Balaban J connectivity index is 3.20. The van der Waals surface area contributed by atoms with Gasteiger partial charge < -0.3 is 0 Å². The number of halogens is 1. The third-order valence-electron chi connectivity index (χ3n) is 1.85. The van der Waals surface area contributed by atoms with Crippen molar-refractivity contribution in [1.29, 1.82) is 0 Å². The van der Waals surface area contributed by atoms with Crippen molar-refractivity contribution < 1.29 is 0 Å². The second kappa shape index (κ2) is 3.90. The van der Waals surface area contributed by atoms with Crippen LogP contribution in [0.15, 0.2) is 24.8 Å². The van der Waals surface area contributed by atoms with Crippen LogP contribution in [0.2, 0.25) is 0 Å². The fourth-order valence-electron chi connectivity index (χ4n) is 1.07. The smallest absolute Gasteiger partial charge is 0.0249 e. The van der Waals surface area contributed by atoms with Gasteiger partial charge in [0, 0.05) is 4.43 Å². The van der Waals surface area contributed by atoms with Crippen LogP contribution in [-0.4, -0.2) is 0 Å². The second-order valence-electron chi connectivity index (χ2n) is 2.47. The highest BCUT2D eigenvalue weighted by molar-refractivity contribution is 14.1. The summed E-state index contributed by atoms with van der Waals surface area (Å²) in [5.41, 5.74) is 4.01. The number of hydrogen-bond acceptors (Lipinski definition) is 0. The molecular formula is C10H11I. The maximum Gasteiger partial charge on any atom is 0.0249 e. The molecule has 0 aliphatic carbocycles. The topological polar surface area (TPSA) is 0 Å². The third kappa shape index (κ3) is 1.83. The molecule has 11 heavy (non-hydrogen) atoms. The van der Waals surface area contributed by atoms with Crippen molar-refractivity contribution in [3.8, 4) is 0 Å². The van der Waals surface area contributed by atoms with Crippen molar-refractivity contribution in [2.75, 3.05) is 0 Å². The highest BCUT2D eigenvalue weighted by Crippen LogP contribution is 2.16. The Hall–Kier alpha value is -0.310. The van der Waals surface area contributed by atoms with Gasteiger partial charge in [0.05, 0.1) is 0 Å². The molecule has 0 fully saturated rings. The van der Waals surface area contributed by atoms with Crippen molar-refractivity contribution >= 4 is 28.7 Å². The number of alkyl halides is 1. The highest BCUT2D eigenvalue weighted by Gasteiger charge is 1.97. The standard InChI is InChI=1S/C10H11I/c1-3-9-5-4-6-10(7-11)8(9)2/h3-6H,1,7H2,2H3. The van der Waals surface area contributed by atoms with E-state index in [1.807, 2.05) is 6.08 Å². The van der Waals surface area contributed by atoms with Gasteiger partial charge in [-0.3, -0.25) is 0 Å². The Morgan fingerprint density at radius 1 is 1.55 bits per heavy atom. The first-order valence-electron chi connectivity index (χ1n) is 3.56. The largest absolute Gasteiger partial charge is 0.0985 e. The molecule has 0 radical (unpaired) electrons.